The van der Waals surface area contributed by atoms with Crippen LogP contribution in [0.4, 0.5) is 10.1 Å². The lowest BCUT2D eigenvalue weighted by Crippen LogP contribution is -2.49. The number of primary amides is 1. The molecule has 37 heavy (non-hydrogen) atoms. The van der Waals surface area contributed by atoms with Crippen LogP contribution in [0.3, 0.4) is 0 Å². The zero-order chi connectivity index (χ0) is 26.6. The maximum Gasteiger partial charge on any atom is 0.264 e. The summed E-state index contributed by atoms with van der Waals surface area (Å²) in [4.78, 5) is 27.3. The van der Waals surface area contributed by atoms with Gasteiger partial charge in [-0.3, -0.25) is 13.9 Å². The molecule has 194 valence electrons. The molecule has 2 unspecified atom stereocenters. The minimum atomic E-state index is -4.25. The minimum Gasteiger partial charge on any atom is -0.494 e. The summed E-state index contributed by atoms with van der Waals surface area (Å²) in [5, 5.41) is 0. The number of hydrogen-bond acceptors (Lipinski definition) is 5. The zero-order valence-corrected chi connectivity index (χ0v) is 21.1. The molecule has 2 amide bonds. The molecule has 1 saturated heterocycles. The Morgan fingerprint density at radius 1 is 1.00 bits per heavy atom. The molecule has 1 fully saturated rings. The van der Waals surface area contributed by atoms with Gasteiger partial charge in [0, 0.05) is 0 Å². The molecular weight excluding hydrogens is 497 g/mol. The van der Waals surface area contributed by atoms with Crippen LogP contribution in [0.15, 0.2) is 83.8 Å². The monoisotopic (exact) mass is 525 g/mol. The topological polar surface area (TPSA) is 110 Å². The highest BCUT2D eigenvalue weighted by atomic mass is 32.2. The van der Waals surface area contributed by atoms with E-state index in [0.717, 1.165) is 22.0 Å². The van der Waals surface area contributed by atoms with Crippen LogP contribution in [0.1, 0.15) is 31.4 Å². The van der Waals surface area contributed by atoms with E-state index in [2.05, 4.69) is 0 Å². The molecule has 2 N–H and O–H groups in total. The largest absolute Gasteiger partial charge is 0.494 e. The van der Waals surface area contributed by atoms with Crippen LogP contribution in [-0.2, 0) is 19.6 Å². The Balaban J connectivity index is 1.72. The van der Waals surface area contributed by atoms with Crippen LogP contribution in [-0.4, -0.2) is 44.3 Å². The van der Waals surface area contributed by atoms with Crippen LogP contribution in [0.25, 0.3) is 0 Å². The van der Waals surface area contributed by atoms with E-state index < -0.39 is 46.3 Å². The van der Waals surface area contributed by atoms with Crippen molar-refractivity contribution in [2.24, 2.45) is 5.73 Å². The van der Waals surface area contributed by atoms with Gasteiger partial charge >= 0.3 is 0 Å². The number of carbonyl (C=O) groups excluding carboxylic acids is 2. The smallest absolute Gasteiger partial charge is 0.264 e. The number of anilines is 1. The molecule has 0 radical (unpaired) electrons. The molecule has 1 aliphatic rings. The van der Waals surface area contributed by atoms with E-state index in [0.29, 0.717) is 25.2 Å². The summed E-state index contributed by atoms with van der Waals surface area (Å²) in [6, 6.07) is 18.5. The van der Waals surface area contributed by atoms with Crippen LogP contribution < -0.4 is 14.8 Å². The second-order valence-electron chi connectivity index (χ2n) is 8.62. The highest BCUT2D eigenvalue weighted by molar-refractivity contribution is 7.92. The van der Waals surface area contributed by atoms with E-state index in [1.165, 1.54) is 41.3 Å². The molecule has 0 bridgehead atoms. The molecule has 8 nitrogen and oxygen atoms in total. The molecule has 4 rings (SSSR count). The Morgan fingerprint density at radius 3 is 2.24 bits per heavy atom. The SMILES string of the molecule is CCOc1ccc(S(=O)(=O)N(CC(=O)N2C(C(N)=O)CCC2c2ccccc2)c2ccc(F)cc2)cc1. The molecule has 10 heteroatoms. The number of sulfonamides is 1. The fraction of sp³-hybridized carbons (Fsp3) is 0.259. The maximum absolute atomic E-state index is 13.7. The van der Waals surface area contributed by atoms with E-state index in [-0.39, 0.29) is 10.6 Å². The third-order valence-electron chi connectivity index (χ3n) is 6.30. The van der Waals surface area contributed by atoms with Gasteiger partial charge in [-0.05, 0) is 73.9 Å². The predicted molar refractivity (Wildman–Crippen MR) is 137 cm³/mol. The first-order valence-electron chi connectivity index (χ1n) is 11.9. The quantitative estimate of drug-likeness (QED) is 0.459. The molecule has 0 saturated carbocycles. The highest BCUT2D eigenvalue weighted by Crippen LogP contribution is 2.37. The van der Waals surface area contributed by atoms with Gasteiger partial charge in [0.05, 0.1) is 23.2 Å². The Kier molecular flexibility index (Phi) is 7.77. The Labute approximate surface area is 215 Å². The number of ether oxygens (including phenoxy) is 1. The molecule has 2 atom stereocenters. The average molecular weight is 526 g/mol. The van der Waals surface area contributed by atoms with Crippen molar-refractivity contribution in [2.45, 2.75) is 36.7 Å². The van der Waals surface area contributed by atoms with E-state index in [1.54, 1.807) is 0 Å². The van der Waals surface area contributed by atoms with Crippen LogP contribution in [0.5, 0.6) is 5.75 Å². The minimum absolute atomic E-state index is 0.0689. The predicted octanol–water partition coefficient (Wildman–Crippen LogP) is 3.64. The summed E-state index contributed by atoms with van der Waals surface area (Å²) < 4.78 is 47.4. The number of amides is 2. The fourth-order valence-corrected chi connectivity index (χ4v) is 5.98. The lowest BCUT2D eigenvalue weighted by molar-refractivity contribution is -0.138. The van der Waals surface area contributed by atoms with Crippen molar-refractivity contribution in [3.63, 3.8) is 0 Å². The van der Waals surface area contributed by atoms with Gasteiger partial charge in [-0.1, -0.05) is 30.3 Å². The van der Waals surface area contributed by atoms with Gasteiger partial charge in [0.15, 0.2) is 0 Å². The lowest BCUT2D eigenvalue weighted by atomic mass is 10.0. The van der Waals surface area contributed by atoms with Crippen LogP contribution in [0.2, 0.25) is 0 Å². The zero-order valence-electron chi connectivity index (χ0n) is 20.3. The molecule has 0 spiro atoms. The number of benzene rings is 3. The van der Waals surface area contributed by atoms with Crippen molar-refractivity contribution in [1.82, 2.24) is 4.90 Å². The normalized spacial score (nSPS) is 17.4. The Hall–Kier alpha value is -3.92. The lowest BCUT2D eigenvalue weighted by Gasteiger charge is -2.32. The number of likely N-dealkylation sites (tertiary alicyclic amines) is 1. The van der Waals surface area contributed by atoms with E-state index in [9.17, 15) is 22.4 Å². The summed E-state index contributed by atoms with van der Waals surface area (Å²) in [5.41, 5.74) is 6.55. The molecular formula is C27H28FN3O5S. The molecule has 3 aromatic rings. The summed E-state index contributed by atoms with van der Waals surface area (Å²) in [7, 11) is -4.25. The van der Waals surface area contributed by atoms with Gasteiger partial charge in [-0.25, -0.2) is 12.8 Å². The van der Waals surface area contributed by atoms with Crippen LogP contribution >= 0.6 is 0 Å². The number of nitrogens with two attached hydrogens (primary N) is 1. The Morgan fingerprint density at radius 2 is 1.65 bits per heavy atom. The second-order valence-corrected chi connectivity index (χ2v) is 10.5. The van der Waals surface area contributed by atoms with Crippen molar-refractivity contribution in [1.29, 1.82) is 0 Å². The van der Waals surface area contributed by atoms with E-state index in [4.69, 9.17) is 10.5 Å². The van der Waals surface area contributed by atoms with E-state index >= 15 is 0 Å². The standard InChI is InChI=1S/C27H28FN3O5S/c1-2-36-22-12-14-23(15-13-22)37(34,35)30(21-10-8-20(28)9-11-21)18-26(32)31-24(16-17-25(31)27(29)33)19-6-4-3-5-7-19/h3-15,24-25H,2,16-18H2,1H3,(H2,29,33). The van der Waals surface area contributed by atoms with Gasteiger partial charge in [-0.15, -0.1) is 0 Å². The third-order valence-corrected chi connectivity index (χ3v) is 8.09. The molecule has 0 aromatic heterocycles. The van der Waals surface area contributed by atoms with Gasteiger partial charge < -0.3 is 15.4 Å². The van der Waals surface area contributed by atoms with Crippen molar-refractivity contribution < 1.29 is 27.1 Å². The molecule has 1 heterocycles. The number of carbonyl (C=O) groups is 2. The first-order chi connectivity index (χ1) is 17.7. The number of halogens is 1. The summed E-state index contributed by atoms with van der Waals surface area (Å²) in [6.07, 6.45) is 0.869. The second kappa shape index (κ2) is 11.0. The highest BCUT2D eigenvalue weighted by Gasteiger charge is 2.42. The van der Waals surface area contributed by atoms with Gasteiger partial charge in [0.25, 0.3) is 10.0 Å². The number of rotatable bonds is 9. The first-order valence-corrected chi connectivity index (χ1v) is 13.3. The average Bonchev–Trinajstić information content (AvgIpc) is 3.35. The number of hydrogen-bond donors (Lipinski definition) is 1. The number of nitrogens with zero attached hydrogens (tertiary/aromatic N) is 2. The van der Waals surface area contributed by atoms with Crippen molar-refractivity contribution >= 4 is 27.5 Å². The third kappa shape index (κ3) is 5.59. The van der Waals surface area contributed by atoms with Gasteiger partial charge in [0.1, 0.15) is 24.2 Å². The van der Waals surface area contributed by atoms with Gasteiger partial charge in [-0.2, -0.15) is 0 Å². The van der Waals surface area contributed by atoms with Crippen molar-refractivity contribution in [2.75, 3.05) is 17.5 Å². The summed E-state index contributed by atoms with van der Waals surface area (Å²) >= 11 is 0. The Bertz CT molecular complexity index is 1350. The van der Waals surface area contributed by atoms with Crippen molar-refractivity contribution in [3.8, 4) is 5.75 Å². The van der Waals surface area contributed by atoms with Crippen molar-refractivity contribution in [3.05, 3.63) is 90.2 Å². The van der Waals surface area contributed by atoms with E-state index in [1.807, 2.05) is 37.3 Å². The fourth-order valence-electron chi connectivity index (χ4n) is 4.57. The summed E-state index contributed by atoms with van der Waals surface area (Å²) in [5.74, 6) is -1.30. The maximum atomic E-state index is 13.7. The molecule has 3 aromatic carbocycles. The summed E-state index contributed by atoms with van der Waals surface area (Å²) in [6.45, 7) is 1.63. The van der Waals surface area contributed by atoms with Crippen LogP contribution in [0, 0.1) is 5.82 Å². The molecule has 1 aliphatic heterocycles. The van der Waals surface area contributed by atoms with Gasteiger partial charge in [0.2, 0.25) is 11.8 Å². The molecule has 0 aliphatic carbocycles. The first kappa shape index (κ1) is 26.2.